The van der Waals surface area contributed by atoms with E-state index >= 15 is 0 Å². The lowest BCUT2D eigenvalue weighted by Crippen LogP contribution is -2.54. The molecule has 7 heteroatoms. The number of carbonyl (C=O) groups is 2. The first kappa shape index (κ1) is 16.6. The highest BCUT2D eigenvalue weighted by atomic mass is 32.1. The number of likely N-dealkylation sites (N-methyl/N-ethyl adjacent to an activating group) is 2. The van der Waals surface area contributed by atoms with Gasteiger partial charge in [-0.2, -0.15) is 25.3 Å². The lowest BCUT2D eigenvalue weighted by Gasteiger charge is -2.20. The van der Waals surface area contributed by atoms with Crippen LogP contribution in [-0.2, 0) is 9.59 Å². The molecular weight excluding hydrogens is 258 g/mol. The van der Waals surface area contributed by atoms with E-state index in [0.717, 1.165) is 0 Å². The van der Waals surface area contributed by atoms with Crippen LogP contribution in [-0.4, -0.2) is 48.5 Å². The third-order valence-electron chi connectivity index (χ3n) is 2.12. The Morgan fingerprint density at radius 2 is 1.59 bits per heavy atom. The number of hydrogen-bond donors (Lipinski definition) is 5. The van der Waals surface area contributed by atoms with Gasteiger partial charge in [0.15, 0.2) is 0 Å². The normalized spacial score (nSPS) is 13.9. The van der Waals surface area contributed by atoms with Crippen LogP contribution in [0.1, 0.15) is 13.8 Å². The molecule has 0 spiro atoms. The van der Waals surface area contributed by atoms with E-state index in [1.54, 1.807) is 0 Å². The van der Waals surface area contributed by atoms with E-state index in [1.807, 2.05) is 13.8 Å². The summed E-state index contributed by atoms with van der Waals surface area (Å²) in [5.41, 5.74) is 0. The molecule has 0 aliphatic carbocycles. The molecule has 0 saturated heterocycles. The van der Waals surface area contributed by atoms with Gasteiger partial charge >= 0.3 is 0 Å². The van der Waals surface area contributed by atoms with E-state index < -0.39 is 6.04 Å². The molecule has 0 aliphatic heterocycles. The molecule has 0 saturated carbocycles. The number of thiol groups is 2. The fraction of sp³-hybridized carbons (Fsp3) is 0.800. The third-order valence-corrected chi connectivity index (χ3v) is 2.85. The summed E-state index contributed by atoms with van der Waals surface area (Å²) >= 11 is 8.15. The van der Waals surface area contributed by atoms with Gasteiger partial charge in [0.1, 0.15) is 6.04 Å². The fourth-order valence-electron chi connectivity index (χ4n) is 1.25. The van der Waals surface area contributed by atoms with E-state index in [-0.39, 0.29) is 23.6 Å². The van der Waals surface area contributed by atoms with Crippen LogP contribution in [0.5, 0.6) is 0 Å². The minimum absolute atomic E-state index is 0.217. The van der Waals surface area contributed by atoms with Crippen LogP contribution >= 0.6 is 25.3 Å². The number of rotatable bonds is 8. The molecule has 0 radical (unpaired) electrons. The highest BCUT2D eigenvalue weighted by Gasteiger charge is 2.22. The number of hydrogen-bond acceptors (Lipinski definition) is 5. The van der Waals surface area contributed by atoms with E-state index in [4.69, 9.17) is 0 Å². The SMILES string of the molecule is CCNC(=O)[C@H](CS)NC(=O)[C@H](CS)NCC. The molecule has 0 aromatic carbocycles. The van der Waals surface area contributed by atoms with Crippen LogP contribution in [0.3, 0.4) is 0 Å². The van der Waals surface area contributed by atoms with Crippen LogP contribution in [0.15, 0.2) is 0 Å². The summed E-state index contributed by atoms with van der Waals surface area (Å²) in [5.74, 6) is 0.203. The Morgan fingerprint density at radius 1 is 1.00 bits per heavy atom. The first-order valence-corrected chi connectivity index (χ1v) is 6.90. The second kappa shape index (κ2) is 9.61. The Balaban J connectivity index is 4.35. The molecule has 0 aliphatic rings. The van der Waals surface area contributed by atoms with Crippen molar-refractivity contribution in [2.24, 2.45) is 0 Å². The summed E-state index contributed by atoms with van der Waals surface area (Å²) in [6.07, 6.45) is 0. The summed E-state index contributed by atoms with van der Waals surface area (Å²) in [5, 5.41) is 8.28. The summed E-state index contributed by atoms with van der Waals surface area (Å²) in [4.78, 5) is 23.4. The molecule has 5 nitrogen and oxygen atoms in total. The lowest BCUT2D eigenvalue weighted by molar-refractivity contribution is -0.129. The van der Waals surface area contributed by atoms with E-state index in [1.165, 1.54) is 0 Å². The maximum atomic E-state index is 11.8. The van der Waals surface area contributed by atoms with Crippen molar-refractivity contribution in [2.75, 3.05) is 24.6 Å². The fourth-order valence-corrected chi connectivity index (χ4v) is 1.80. The number of carbonyl (C=O) groups excluding carboxylic acids is 2. The molecule has 100 valence electrons. The second-order valence-corrected chi connectivity index (χ2v) is 4.16. The van der Waals surface area contributed by atoms with Gasteiger partial charge in [-0.25, -0.2) is 0 Å². The third kappa shape index (κ3) is 6.18. The largest absolute Gasteiger partial charge is 0.355 e. The summed E-state index contributed by atoms with van der Waals surface area (Å²) < 4.78 is 0. The zero-order chi connectivity index (χ0) is 13.3. The molecule has 0 unspecified atom stereocenters. The van der Waals surface area contributed by atoms with Crippen LogP contribution in [0.4, 0.5) is 0 Å². The van der Waals surface area contributed by atoms with Crippen molar-refractivity contribution in [3.63, 3.8) is 0 Å². The quantitative estimate of drug-likeness (QED) is 0.387. The Labute approximate surface area is 113 Å². The van der Waals surface area contributed by atoms with Gasteiger partial charge in [-0.3, -0.25) is 9.59 Å². The number of nitrogens with one attached hydrogen (secondary N) is 3. The molecule has 2 atom stereocenters. The average Bonchev–Trinajstić information content (AvgIpc) is 2.32. The molecule has 0 heterocycles. The first-order valence-electron chi connectivity index (χ1n) is 5.63. The smallest absolute Gasteiger partial charge is 0.243 e. The molecule has 0 bridgehead atoms. The van der Waals surface area contributed by atoms with Crippen molar-refractivity contribution in [1.82, 2.24) is 16.0 Å². The highest BCUT2D eigenvalue weighted by Crippen LogP contribution is 1.93. The molecule has 2 amide bonds. The minimum atomic E-state index is -0.605. The van der Waals surface area contributed by atoms with E-state index in [0.29, 0.717) is 18.8 Å². The monoisotopic (exact) mass is 279 g/mol. The maximum Gasteiger partial charge on any atom is 0.243 e. The molecule has 0 aromatic heterocycles. The molecule has 0 fully saturated rings. The molecule has 0 rings (SSSR count). The number of amides is 2. The highest BCUT2D eigenvalue weighted by molar-refractivity contribution is 7.80. The van der Waals surface area contributed by atoms with Crippen molar-refractivity contribution in [1.29, 1.82) is 0 Å². The van der Waals surface area contributed by atoms with Gasteiger partial charge in [0.05, 0.1) is 6.04 Å². The molecule has 0 aromatic rings. The summed E-state index contributed by atoms with van der Waals surface area (Å²) in [7, 11) is 0. The van der Waals surface area contributed by atoms with E-state index in [2.05, 4.69) is 41.2 Å². The predicted molar refractivity (Wildman–Crippen MR) is 75.8 cm³/mol. The average molecular weight is 279 g/mol. The Kier molecular flexibility index (Phi) is 9.39. The van der Waals surface area contributed by atoms with E-state index in [9.17, 15) is 9.59 Å². The van der Waals surface area contributed by atoms with Crippen molar-refractivity contribution in [2.45, 2.75) is 25.9 Å². The Bertz CT molecular complexity index is 252. The van der Waals surface area contributed by atoms with Gasteiger partial charge in [0, 0.05) is 18.1 Å². The van der Waals surface area contributed by atoms with Gasteiger partial charge in [0.25, 0.3) is 0 Å². The van der Waals surface area contributed by atoms with Gasteiger partial charge < -0.3 is 16.0 Å². The van der Waals surface area contributed by atoms with Gasteiger partial charge in [-0.15, -0.1) is 0 Å². The lowest BCUT2D eigenvalue weighted by atomic mass is 10.2. The maximum absolute atomic E-state index is 11.8. The van der Waals surface area contributed by atoms with Crippen molar-refractivity contribution < 1.29 is 9.59 Å². The van der Waals surface area contributed by atoms with Gasteiger partial charge in [0.2, 0.25) is 11.8 Å². The Morgan fingerprint density at radius 3 is 2.00 bits per heavy atom. The van der Waals surface area contributed by atoms with Crippen molar-refractivity contribution >= 4 is 37.1 Å². The first-order chi connectivity index (χ1) is 8.10. The minimum Gasteiger partial charge on any atom is -0.355 e. The van der Waals surface area contributed by atoms with Gasteiger partial charge in [-0.05, 0) is 13.5 Å². The Hall–Kier alpha value is -0.400. The molecule has 3 N–H and O–H groups in total. The predicted octanol–water partition coefficient (Wildman–Crippen LogP) is -0.555. The topological polar surface area (TPSA) is 70.2 Å². The summed E-state index contributed by atoms with van der Waals surface area (Å²) in [6, 6.07) is -0.994. The van der Waals surface area contributed by atoms with Crippen molar-refractivity contribution in [3.8, 4) is 0 Å². The van der Waals surface area contributed by atoms with Gasteiger partial charge in [-0.1, -0.05) is 6.92 Å². The van der Waals surface area contributed by atoms with Crippen LogP contribution in [0, 0.1) is 0 Å². The van der Waals surface area contributed by atoms with Crippen LogP contribution < -0.4 is 16.0 Å². The van der Waals surface area contributed by atoms with Crippen molar-refractivity contribution in [3.05, 3.63) is 0 Å². The zero-order valence-corrected chi connectivity index (χ0v) is 12.0. The molecular formula is C10H21N3O2S2. The second-order valence-electron chi connectivity index (χ2n) is 3.43. The van der Waals surface area contributed by atoms with Crippen LogP contribution in [0.25, 0.3) is 0 Å². The zero-order valence-electron chi connectivity index (χ0n) is 10.2. The summed E-state index contributed by atoms with van der Waals surface area (Å²) in [6.45, 7) is 4.93. The standard InChI is InChI=1S/C10H21N3O2S2/c1-3-11-7(5-16)10(15)13-8(6-17)9(14)12-4-2/h7-8,11,16-17H,3-6H2,1-2H3,(H,12,14)(H,13,15)/t7-,8-/m0/s1. The van der Waals surface area contributed by atoms with Crippen LogP contribution in [0.2, 0.25) is 0 Å². The molecule has 17 heavy (non-hydrogen) atoms.